The van der Waals surface area contributed by atoms with Crippen LogP contribution in [0, 0.1) is 20.2 Å². The summed E-state index contributed by atoms with van der Waals surface area (Å²) in [5.41, 5.74) is 0. The molecule has 0 saturated carbocycles. The molecule has 9 heteroatoms. The third-order valence-corrected chi connectivity index (χ3v) is 2.30. The standard InChI is InChI=1S/C9H19N3O6/c1-9(2)10(5-3-7-17-11(13)14)6-4-8-18-12(15)16/h9H,3-8H2,1-2H3. The molecule has 0 fully saturated rings. The first-order valence-corrected chi connectivity index (χ1v) is 5.72. The van der Waals surface area contributed by atoms with Crippen LogP contribution in [-0.4, -0.2) is 47.4 Å². The molecule has 0 aliphatic heterocycles. The maximum absolute atomic E-state index is 9.94. The van der Waals surface area contributed by atoms with Crippen molar-refractivity contribution in [2.45, 2.75) is 32.7 Å². The highest BCUT2D eigenvalue weighted by Crippen LogP contribution is 2.02. The molecule has 0 aromatic carbocycles. The van der Waals surface area contributed by atoms with Crippen molar-refractivity contribution in [3.8, 4) is 0 Å². The van der Waals surface area contributed by atoms with E-state index in [4.69, 9.17) is 0 Å². The quantitative estimate of drug-likeness (QED) is 0.310. The molecular formula is C9H19N3O6. The van der Waals surface area contributed by atoms with E-state index < -0.39 is 10.2 Å². The van der Waals surface area contributed by atoms with Gasteiger partial charge >= 0.3 is 0 Å². The van der Waals surface area contributed by atoms with Gasteiger partial charge < -0.3 is 14.6 Å². The van der Waals surface area contributed by atoms with E-state index in [0.717, 1.165) is 0 Å². The highest BCUT2D eigenvalue weighted by Gasteiger charge is 2.09. The zero-order chi connectivity index (χ0) is 14.0. The molecule has 0 aromatic heterocycles. The SMILES string of the molecule is CC(C)N(CCCO[N+](=O)[O-])CCCO[N+](=O)[O-]. The molecule has 0 saturated heterocycles. The van der Waals surface area contributed by atoms with Crippen molar-refractivity contribution in [2.75, 3.05) is 26.3 Å². The summed E-state index contributed by atoms with van der Waals surface area (Å²) in [5, 5.41) is 18.3. The van der Waals surface area contributed by atoms with Gasteiger partial charge in [-0.05, 0) is 26.7 Å². The number of hydrogen-bond acceptors (Lipinski definition) is 7. The molecule has 106 valence electrons. The normalized spacial score (nSPS) is 10.7. The maximum atomic E-state index is 9.94. The van der Waals surface area contributed by atoms with Crippen LogP contribution in [0.2, 0.25) is 0 Å². The summed E-state index contributed by atoms with van der Waals surface area (Å²) in [7, 11) is 0. The summed E-state index contributed by atoms with van der Waals surface area (Å²) in [5.74, 6) is 0. The lowest BCUT2D eigenvalue weighted by Gasteiger charge is -2.26. The van der Waals surface area contributed by atoms with E-state index in [0.29, 0.717) is 25.9 Å². The zero-order valence-electron chi connectivity index (χ0n) is 10.6. The van der Waals surface area contributed by atoms with E-state index in [1.165, 1.54) is 0 Å². The topological polar surface area (TPSA) is 108 Å². The lowest BCUT2D eigenvalue weighted by Crippen LogP contribution is -2.34. The molecule has 9 nitrogen and oxygen atoms in total. The fraction of sp³-hybridized carbons (Fsp3) is 1.00. The second-order valence-corrected chi connectivity index (χ2v) is 3.95. The van der Waals surface area contributed by atoms with Gasteiger partial charge in [0.15, 0.2) is 0 Å². The van der Waals surface area contributed by atoms with Crippen molar-refractivity contribution >= 4 is 0 Å². The summed E-state index contributed by atoms with van der Waals surface area (Å²) < 4.78 is 0. The van der Waals surface area contributed by atoms with Crippen LogP contribution < -0.4 is 0 Å². The number of nitrogens with zero attached hydrogens (tertiary/aromatic N) is 3. The highest BCUT2D eigenvalue weighted by molar-refractivity contribution is 4.62. The average Bonchev–Trinajstić information content (AvgIpc) is 2.25. The van der Waals surface area contributed by atoms with Crippen LogP contribution in [0.1, 0.15) is 26.7 Å². The largest absolute Gasteiger partial charge is 0.314 e. The van der Waals surface area contributed by atoms with E-state index in [1.54, 1.807) is 0 Å². The molecule has 0 amide bonds. The minimum Gasteiger partial charge on any atom is -0.314 e. The van der Waals surface area contributed by atoms with Gasteiger partial charge in [0.2, 0.25) is 0 Å². The Labute approximate surface area is 105 Å². The summed E-state index contributed by atoms with van der Waals surface area (Å²) in [6.45, 7) is 5.38. The first-order valence-electron chi connectivity index (χ1n) is 5.72. The van der Waals surface area contributed by atoms with Crippen molar-refractivity contribution in [2.24, 2.45) is 0 Å². The van der Waals surface area contributed by atoms with Gasteiger partial charge in [-0.25, -0.2) is 0 Å². The summed E-state index contributed by atoms with van der Waals surface area (Å²) in [6.07, 6.45) is 1.07. The second-order valence-electron chi connectivity index (χ2n) is 3.95. The van der Waals surface area contributed by atoms with Gasteiger partial charge in [-0.2, -0.15) is 0 Å². The number of rotatable bonds is 11. The van der Waals surface area contributed by atoms with Crippen LogP contribution in [0.3, 0.4) is 0 Å². The minimum absolute atomic E-state index is 0.0572. The van der Waals surface area contributed by atoms with E-state index in [-0.39, 0.29) is 19.3 Å². The van der Waals surface area contributed by atoms with Crippen LogP contribution in [0.15, 0.2) is 0 Å². The van der Waals surface area contributed by atoms with Gasteiger partial charge in [0.05, 0.1) is 13.2 Å². The highest BCUT2D eigenvalue weighted by atomic mass is 17.0. The fourth-order valence-electron chi connectivity index (χ4n) is 1.44. The zero-order valence-corrected chi connectivity index (χ0v) is 10.6. The van der Waals surface area contributed by atoms with E-state index in [2.05, 4.69) is 14.6 Å². The van der Waals surface area contributed by atoms with E-state index >= 15 is 0 Å². The van der Waals surface area contributed by atoms with Gasteiger partial charge in [0, 0.05) is 19.1 Å². The molecular weight excluding hydrogens is 246 g/mol. The molecule has 0 bridgehead atoms. The minimum atomic E-state index is -0.815. The molecule has 18 heavy (non-hydrogen) atoms. The van der Waals surface area contributed by atoms with Crippen LogP contribution in [0.25, 0.3) is 0 Å². The van der Waals surface area contributed by atoms with Crippen LogP contribution in [0.5, 0.6) is 0 Å². The molecule has 0 aliphatic rings. The second kappa shape index (κ2) is 9.40. The molecule has 0 aliphatic carbocycles. The van der Waals surface area contributed by atoms with Crippen LogP contribution in [-0.2, 0) is 9.68 Å². The van der Waals surface area contributed by atoms with E-state index in [1.807, 2.05) is 13.8 Å². The number of hydrogen-bond donors (Lipinski definition) is 0. The Bertz CT molecular complexity index is 239. The fourth-order valence-corrected chi connectivity index (χ4v) is 1.44. The average molecular weight is 265 g/mol. The van der Waals surface area contributed by atoms with Gasteiger partial charge in [-0.3, -0.25) is 0 Å². The predicted molar refractivity (Wildman–Crippen MR) is 61.8 cm³/mol. The van der Waals surface area contributed by atoms with Crippen molar-refractivity contribution in [3.63, 3.8) is 0 Å². The Kier molecular flexibility index (Phi) is 8.54. The molecule has 0 heterocycles. The Balaban J connectivity index is 3.71. The summed E-state index contributed by atoms with van der Waals surface area (Å²) >= 11 is 0. The Morgan fingerprint density at radius 1 is 1.00 bits per heavy atom. The van der Waals surface area contributed by atoms with E-state index in [9.17, 15) is 20.2 Å². The monoisotopic (exact) mass is 265 g/mol. The molecule has 0 aromatic rings. The maximum Gasteiger partial charge on any atom is 0.294 e. The molecule has 0 spiro atoms. The first kappa shape index (κ1) is 16.4. The van der Waals surface area contributed by atoms with Gasteiger partial charge in [0.1, 0.15) is 0 Å². The summed E-state index contributed by atoms with van der Waals surface area (Å²) in [6, 6.07) is 0.260. The third kappa shape index (κ3) is 9.58. The molecule has 0 rings (SSSR count). The molecule has 0 radical (unpaired) electrons. The first-order chi connectivity index (χ1) is 8.43. The van der Waals surface area contributed by atoms with Crippen molar-refractivity contribution in [1.82, 2.24) is 4.90 Å². The Morgan fingerprint density at radius 2 is 1.39 bits per heavy atom. The van der Waals surface area contributed by atoms with Gasteiger partial charge in [0.25, 0.3) is 10.2 Å². The molecule has 0 atom stereocenters. The van der Waals surface area contributed by atoms with Gasteiger partial charge in [-0.15, -0.1) is 20.2 Å². The third-order valence-electron chi connectivity index (χ3n) is 2.30. The van der Waals surface area contributed by atoms with Crippen LogP contribution >= 0.6 is 0 Å². The van der Waals surface area contributed by atoms with Crippen molar-refractivity contribution in [3.05, 3.63) is 20.2 Å². The molecule has 0 unspecified atom stereocenters. The van der Waals surface area contributed by atoms with Crippen LogP contribution in [0.4, 0.5) is 0 Å². The van der Waals surface area contributed by atoms with Crippen molar-refractivity contribution in [1.29, 1.82) is 0 Å². The summed E-state index contributed by atoms with van der Waals surface area (Å²) in [4.78, 5) is 30.4. The smallest absolute Gasteiger partial charge is 0.294 e. The Hall–Kier alpha value is -1.64. The predicted octanol–water partition coefficient (Wildman–Crippen LogP) is 0.894. The van der Waals surface area contributed by atoms with Crippen molar-refractivity contribution < 1.29 is 19.8 Å². The Morgan fingerprint density at radius 3 is 1.67 bits per heavy atom. The lowest BCUT2D eigenvalue weighted by molar-refractivity contribution is -0.758. The lowest BCUT2D eigenvalue weighted by atomic mass is 10.2. The van der Waals surface area contributed by atoms with Gasteiger partial charge in [-0.1, -0.05) is 0 Å². The molecule has 0 N–H and O–H groups in total.